The van der Waals surface area contributed by atoms with Gasteiger partial charge in [0.05, 0.1) is 20.3 Å². The third kappa shape index (κ3) is 5.44. The fraction of sp³-hybridized carbons (Fsp3) is 0.600. The summed E-state index contributed by atoms with van der Waals surface area (Å²) in [5.74, 6) is 2.14. The van der Waals surface area contributed by atoms with E-state index < -0.39 is 6.10 Å². The molecule has 3 N–H and O–H groups in total. The van der Waals surface area contributed by atoms with E-state index in [1.807, 2.05) is 0 Å². The van der Waals surface area contributed by atoms with Gasteiger partial charge in [0.25, 0.3) is 0 Å². The second-order valence-electron chi connectivity index (χ2n) is 7.53. The zero-order valence-electron chi connectivity index (χ0n) is 17.2. The van der Waals surface area contributed by atoms with Gasteiger partial charge < -0.3 is 30.1 Å². The normalized spacial score (nSPS) is 22.7. The Morgan fingerprint density at radius 3 is 2.83 bits per heavy atom. The number of carbonyl (C=O) groups is 1. The van der Waals surface area contributed by atoms with Crippen molar-refractivity contribution in [3.05, 3.63) is 23.8 Å². The molecule has 2 heterocycles. The average molecular weight is 518 g/mol. The molecule has 0 bridgehead atoms. The number of nitrogens with zero attached hydrogens (tertiary/aromatic N) is 2. The summed E-state index contributed by atoms with van der Waals surface area (Å²) in [6.45, 7) is 2.68. The minimum atomic E-state index is -0.782. The smallest absolute Gasteiger partial charge is 0.220 e. The molecule has 162 valence electrons. The Balaban J connectivity index is 0.00000300. The second kappa shape index (κ2) is 10.3. The molecular formula is C20H31IN4O4. The number of hydrogen-bond donors (Lipinski definition) is 3. The number of piperidine rings is 1. The monoisotopic (exact) mass is 518 g/mol. The van der Waals surface area contributed by atoms with Gasteiger partial charge in [-0.05, 0) is 31.0 Å². The molecule has 1 aromatic carbocycles. The predicted octanol–water partition coefficient (Wildman–Crippen LogP) is 1.53. The summed E-state index contributed by atoms with van der Waals surface area (Å²) < 4.78 is 10.6. The molecule has 3 rings (SSSR count). The minimum absolute atomic E-state index is 0. The van der Waals surface area contributed by atoms with Gasteiger partial charge in [-0.1, -0.05) is 0 Å². The lowest BCUT2D eigenvalue weighted by atomic mass is 9.79. The number of carbonyl (C=O) groups excluding carboxylic acids is 1. The van der Waals surface area contributed by atoms with Crippen molar-refractivity contribution >= 4 is 35.8 Å². The van der Waals surface area contributed by atoms with E-state index in [0.717, 1.165) is 38.4 Å². The number of aliphatic hydroxyl groups is 1. The summed E-state index contributed by atoms with van der Waals surface area (Å²) in [5, 5.41) is 16.9. The van der Waals surface area contributed by atoms with E-state index in [1.54, 1.807) is 39.5 Å². The van der Waals surface area contributed by atoms with Gasteiger partial charge in [0.15, 0.2) is 5.96 Å². The van der Waals surface area contributed by atoms with Gasteiger partial charge in [0.2, 0.25) is 5.91 Å². The molecule has 2 fully saturated rings. The van der Waals surface area contributed by atoms with Gasteiger partial charge in [0, 0.05) is 50.6 Å². The highest BCUT2D eigenvalue weighted by molar-refractivity contribution is 14.0. The molecule has 2 aliphatic rings. The molecule has 0 aromatic heterocycles. The zero-order chi connectivity index (χ0) is 20.1. The first kappa shape index (κ1) is 23.5. The number of likely N-dealkylation sites (tertiary alicyclic amines) is 1. The van der Waals surface area contributed by atoms with Crippen LogP contribution in [0.3, 0.4) is 0 Å². The van der Waals surface area contributed by atoms with Gasteiger partial charge in [-0.3, -0.25) is 9.79 Å². The Bertz CT molecular complexity index is 745. The highest BCUT2D eigenvalue weighted by atomic mass is 127. The van der Waals surface area contributed by atoms with E-state index in [0.29, 0.717) is 23.5 Å². The van der Waals surface area contributed by atoms with Crippen molar-refractivity contribution in [3.8, 4) is 11.5 Å². The van der Waals surface area contributed by atoms with Crippen molar-refractivity contribution < 1.29 is 19.4 Å². The number of guanidine groups is 1. The van der Waals surface area contributed by atoms with Gasteiger partial charge >= 0.3 is 0 Å². The summed E-state index contributed by atoms with van der Waals surface area (Å²) in [5.41, 5.74) is 0.646. The Morgan fingerprint density at radius 2 is 2.21 bits per heavy atom. The van der Waals surface area contributed by atoms with Crippen LogP contribution in [0.4, 0.5) is 0 Å². The van der Waals surface area contributed by atoms with Crippen LogP contribution in [-0.2, 0) is 4.79 Å². The van der Waals surface area contributed by atoms with Crippen molar-refractivity contribution in [2.75, 3.05) is 47.4 Å². The maximum Gasteiger partial charge on any atom is 0.220 e. The SMILES string of the molecule is CN=C(NCC(O)c1cc(OC)ccc1OC)N1CCCC2(CNC(=O)C2)C1.I. The van der Waals surface area contributed by atoms with Crippen LogP contribution in [-0.4, -0.2) is 69.3 Å². The molecule has 0 aliphatic carbocycles. The third-order valence-electron chi connectivity index (χ3n) is 5.62. The zero-order valence-corrected chi connectivity index (χ0v) is 19.6. The number of hydrogen-bond acceptors (Lipinski definition) is 5. The molecule has 9 heteroatoms. The van der Waals surface area contributed by atoms with Crippen LogP contribution in [0.5, 0.6) is 11.5 Å². The van der Waals surface area contributed by atoms with Crippen LogP contribution in [0.15, 0.2) is 23.2 Å². The molecule has 2 unspecified atom stereocenters. The molecule has 0 saturated carbocycles. The number of benzene rings is 1. The van der Waals surface area contributed by atoms with Crippen molar-refractivity contribution in [1.82, 2.24) is 15.5 Å². The fourth-order valence-corrected chi connectivity index (χ4v) is 4.16. The van der Waals surface area contributed by atoms with Crippen molar-refractivity contribution in [2.24, 2.45) is 10.4 Å². The molecular weight excluding hydrogens is 487 g/mol. The highest BCUT2D eigenvalue weighted by Gasteiger charge is 2.42. The largest absolute Gasteiger partial charge is 0.497 e. The standard InChI is InChI=1S/C20H30N4O4.HI/c1-21-19(24-8-4-7-20(13-24)10-18(26)23-12-20)22-11-16(25)15-9-14(27-2)5-6-17(15)28-3;/h5-6,9,16,25H,4,7-8,10-13H2,1-3H3,(H,21,22)(H,23,26);1H. The number of amides is 1. The molecule has 2 saturated heterocycles. The van der Waals surface area contributed by atoms with Gasteiger partial charge in [0.1, 0.15) is 11.5 Å². The van der Waals surface area contributed by atoms with Crippen molar-refractivity contribution in [3.63, 3.8) is 0 Å². The number of ether oxygens (including phenoxy) is 2. The molecule has 29 heavy (non-hydrogen) atoms. The van der Waals surface area contributed by atoms with Crippen LogP contribution in [0.1, 0.15) is 30.9 Å². The first-order valence-electron chi connectivity index (χ1n) is 9.62. The summed E-state index contributed by atoms with van der Waals surface area (Å²) in [7, 11) is 4.90. The van der Waals surface area contributed by atoms with Gasteiger partial charge in [-0.25, -0.2) is 0 Å². The highest BCUT2D eigenvalue weighted by Crippen LogP contribution is 2.36. The van der Waals surface area contributed by atoms with Crippen molar-refractivity contribution in [2.45, 2.75) is 25.4 Å². The first-order valence-corrected chi connectivity index (χ1v) is 9.62. The topological polar surface area (TPSA) is 95.4 Å². The van der Waals surface area contributed by atoms with Crippen LogP contribution in [0.25, 0.3) is 0 Å². The van der Waals surface area contributed by atoms with Gasteiger partial charge in [-0.15, -0.1) is 24.0 Å². The Hall–Kier alpha value is -1.75. The fourth-order valence-electron chi connectivity index (χ4n) is 4.16. The van der Waals surface area contributed by atoms with E-state index >= 15 is 0 Å². The second-order valence-corrected chi connectivity index (χ2v) is 7.53. The van der Waals surface area contributed by atoms with Crippen LogP contribution in [0.2, 0.25) is 0 Å². The number of halogens is 1. The number of aliphatic imine (C=N–C) groups is 1. The quantitative estimate of drug-likeness (QED) is 0.311. The van der Waals surface area contributed by atoms with Gasteiger partial charge in [-0.2, -0.15) is 0 Å². The summed E-state index contributed by atoms with van der Waals surface area (Å²) in [6, 6.07) is 5.36. The predicted molar refractivity (Wildman–Crippen MR) is 122 cm³/mol. The van der Waals surface area contributed by atoms with E-state index in [1.165, 1.54) is 0 Å². The van der Waals surface area contributed by atoms with E-state index in [2.05, 4.69) is 20.5 Å². The lowest BCUT2D eigenvalue weighted by Gasteiger charge is -2.41. The molecule has 1 aromatic rings. The van der Waals surface area contributed by atoms with Crippen LogP contribution < -0.4 is 20.1 Å². The number of rotatable bonds is 5. The molecule has 2 aliphatic heterocycles. The van der Waals surface area contributed by atoms with Crippen LogP contribution >= 0.6 is 24.0 Å². The third-order valence-corrected chi connectivity index (χ3v) is 5.62. The summed E-state index contributed by atoms with van der Waals surface area (Å²) >= 11 is 0. The summed E-state index contributed by atoms with van der Waals surface area (Å²) in [6.07, 6.45) is 1.85. The Labute approximate surface area is 189 Å². The number of methoxy groups -OCH3 is 2. The molecule has 1 spiro atoms. The number of aliphatic hydroxyl groups excluding tert-OH is 1. The van der Waals surface area contributed by atoms with E-state index in [4.69, 9.17) is 9.47 Å². The number of nitrogens with one attached hydrogen (secondary N) is 2. The molecule has 0 radical (unpaired) electrons. The van der Waals surface area contributed by atoms with E-state index in [-0.39, 0.29) is 41.8 Å². The first-order chi connectivity index (χ1) is 13.5. The minimum Gasteiger partial charge on any atom is -0.497 e. The summed E-state index contributed by atoms with van der Waals surface area (Å²) in [4.78, 5) is 18.3. The average Bonchev–Trinajstić information content (AvgIpc) is 3.07. The van der Waals surface area contributed by atoms with Crippen molar-refractivity contribution in [1.29, 1.82) is 0 Å². The lowest BCUT2D eigenvalue weighted by Crippen LogP contribution is -2.51. The molecule has 2 atom stereocenters. The Kier molecular flexibility index (Phi) is 8.38. The van der Waals surface area contributed by atoms with Crippen LogP contribution in [0, 0.1) is 5.41 Å². The maximum atomic E-state index is 11.7. The molecule has 1 amide bonds. The molecule has 8 nitrogen and oxygen atoms in total. The lowest BCUT2D eigenvalue weighted by molar-refractivity contribution is -0.119. The van der Waals surface area contributed by atoms with E-state index in [9.17, 15) is 9.90 Å². The maximum absolute atomic E-state index is 11.7. The Morgan fingerprint density at radius 1 is 1.41 bits per heavy atom.